The normalized spacial score (nSPS) is 16.7. The Kier molecular flexibility index (Phi) is 6.92. The van der Waals surface area contributed by atoms with Crippen molar-refractivity contribution >= 4 is 67.1 Å². The lowest BCUT2D eigenvalue weighted by molar-refractivity contribution is -0.132. The molecule has 3 aromatic carbocycles. The first-order valence-corrected chi connectivity index (χ1v) is 14.6. The minimum absolute atomic E-state index is 0.0262. The summed E-state index contributed by atoms with van der Waals surface area (Å²) in [5.41, 5.74) is 3.82. The van der Waals surface area contributed by atoms with Crippen molar-refractivity contribution in [2.75, 3.05) is 4.90 Å². The molecule has 0 bridgehead atoms. The molecule has 1 fully saturated rings. The van der Waals surface area contributed by atoms with Crippen LogP contribution < -0.4 is 9.64 Å². The molecule has 2 aromatic heterocycles. The average Bonchev–Trinajstić information content (AvgIpc) is 3.67. The first-order valence-electron chi connectivity index (χ1n) is 12.5. The van der Waals surface area contributed by atoms with E-state index < -0.39 is 17.7 Å². The van der Waals surface area contributed by atoms with Crippen molar-refractivity contribution in [3.63, 3.8) is 0 Å². The highest BCUT2D eigenvalue weighted by molar-refractivity contribution is 7.22. The summed E-state index contributed by atoms with van der Waals surface area (Å²) in [6, 6.07) is 21.6. The Hall–Kier alpha value is -3.98. The first-order chi connectivity index (χ1) is 19.3. The number of thiazole rings is 1. The molecule has 40 heavy (non-hydrogen) atoms. The maximum Gasteiger partial charge on any atom is 0.301 e. The highest BCUT2D eigenvalue weighted by Gasteiger charge is 2.48. The quantitative estimate of drug-likeness (QED) is 0.125. The molecule has 1 amide bonds. The van der Waals surface area contributed by atoms with Gasteiger partial charge in [0.1, 0.15) is 24.2 Å². The molecule has 1 atom stereocenters. The van der Waals surface area contributed by atoms with E-state index in [-0.39, 0.29) is 11.3 Å². The number of Topliss-reactive ketones (excluding diaryl/α,β-unsaturated/α-hetero) is 1. The summed E-state index contributed by atoms with van der Waals surface area (Å²) in [5.74, 6) is -1.07. The molecule has 0 spiro atoms. The number of ether oxygens (including phenoxy) is 1. The largest absolute Gasteiger partial charge is 0.507 e. The van der Waals surface area contributed by atoms with Crippen molar-refractivity contribution < 1.29 is 19.4 Å². The fourth-order valence-corrected chi connectivity index (χ4v) is 6.79. The van der Waals surface area contributed by atoms with Crippen LogP contribution in [0.4, 0.5) is 5.13 Å². The molecule has 0 aliphatic carbocycles. The van der Waals surface area contributed by atoms with Crippen molar-refractivity contribution in [3.05, 3.63) is 116 Å². The number of ketones is 1. The van der Waals surface area contributed by atoms with Gasteiger partial charge in [-0.15, -0.1) is 11.3 Å². The van der Waals surface area contributed by atoms with Crippen LogP contribution in [0.5, 0.6) is 5.75 Å². The molecule has 5 aromatic rings. The third-order valence-electron chi connectivity index (χ3n) is 6.81. The van der Waals surface area contributed by atoms with Crippen molar-refractivity contribution in [3.8, 4) is 5.75 Å². The highest BCUT2D eigenvalue weighted by Crippen LogP contribution is 2.46. The van der Waals surface area contributed by atoms with Gasteiger partial charge in [-0.2, -0.15) is 0 Å². The predicted octanol–water partition coefficient (Wildman–Crippen LogP) is 7.83. The van der Waals surface area contributed by atoms with Gasteiger partial charge in [-0.25, -0.2) is 4.98 Å². The zero-order chi connectivity index (χ0) is 28.0. The molecule has 1 unspecified atom stereocenters. The zero-order valence-corrected chi connectivity index (χ0v) is 23.9. The third-order valence-corrected chi connectivity index (χ3v) is 9.16. The van der Waals surface area contributed by atoms with Crippen LogP contribution in [-0.4, -0.2) is 21.8 Å². The SMILES string of the molecule is Cc1cc2sc(N3C(=O)C(=O)/C(=C(/O)c4ccc(OCc5ccccc5)c(C)c4)C3c3cccs3)nc2cc1Cl. The molecule has 9 heteroatoms. The molecule has 1 N–H and O–H groups in total. The minimum atomic E-state index is -0.813. The summed E-state index contributed by atoms with van der Waals surface area (Å²) in [7, 11) is 0. The lowest BCUT2D eigenvalue weighted by atomic mass is 9.99. The molecule has 6 rings (SSSR count). The molecule has 1 saturated heterocycles. The number of halogens is 1. The Bertz CT molecular complexity index is 1760. The number of aliphatic hydroxyl groups excluding tert-OH is 1. The highest BCUT2D eigenvalue weighted by atomic mass is 35.5. The van der Waals surface area contributed by atoms with Crippen molar-refractivity contribution in [2.24, 2.45) is 0 Å². The summed E-state index contributed by atoms with van der Waals surface area (Å²) in [4.78, 5) is 33.7. The van der Waals surface area contributed by atoms with Crippen LogP contribution in [0.15, 0.2) is 83.7 Å². The lowest BCUT2D eigenvalue weighted by Crippen LogP contribution is -2.28. The van der Waals surface area contributed by atoms with Crippen LogP contribution in [0, 0.1) is 13.8 Å². The molecule has 200 valence electrons. The van der Waals surface area contributed by atoms with E-state index in [0.29, 0.717) is 33.6 Å². The number of anilines is 1. The van der Waals surface area contributed by atoms with Gasteiger partial charge in [-0.1, -0.05) is 59.3 Å². The van der Waals surface area contributed by atoms with Crippen LogP contribution in [0.2, 0.25) is 5.02 Å². The number of hydrogen-bond acceptors (Lipinski definition) is 7. The number of nitrogens with zero attached hydrogens (tertiary/aromatic N) is 2. The second-order valence-corrected chi connectivity index (χ2v) is 11.9. The number of carbonyl (C=O) groups excluding carboxylic acids is 2. The van der Waals surface area contributed by atoms with Crippen molar-refractivity contribution in [1.82, 2.24) is 4.98 Å². The Balaban J connectivity index is 1.40. The van der Waals surface area contributed by atoms with Crippen LogP contribution in [0.25, 0.3) is 16.0 Å². The monoisotopic (exact) mass is 586 g/mol. The topological polar surface area (TPSA) is 79.7 Å². The van der Waals surface area contributed by atoms with E-state index in [1.165, 1.54) is 27.6 Å². The van der Waals surface area contributed by atoms with E-state index in [1.54, 1.807) is 24.3 Å². The Morgan fingerprint density at radius 1 is 1.02 bits per heavy atom. The second-order valence-electron chi connectivity index (χ2n) is 9.50. The van der Waals surface area contributed by atoms with Gasteiger partial charge >= 0.3 is 5.91 Å². The standard InChI is InChI=1S/C31H23ClN2O4S2/c1-17-14-25-22(15-21(17)32)33-31(40-25)34-27(24-9-6-12-39-24)26(29(36)30(34)37)28(35)20-10-11-23(18(2)13-20)38-16-19-7-4-3-5-8-19/h3-15,27,35H,16H2,1-2H3/b28-26+. The Morgan fingerprint density at radius 2 is 1.82 bits per heavy atom. The van der Waals surface area contributed by atoms with Gasteiger partial charge in [0.25, 0.3) is 5.78 Å². The summed E-state index contributed by atoms with van der Waals surface area (Å²) < 4.78 is 6.83. The van der Waals surface area contributed by atoms with E-state index in [9.17, 15) is 14.7 Å². The van der Waals surface area contributed by atoms with Crippen molar-refractivity contribution in [2.45, 2.75) is 26.5 Å². The molecule has 1 aliphatic rings. The van der Waals surface area contributed by atoms with Crippen LogP contribution >= 0.6 is 34.3 Å². The van der Waals surface area contributed by atoms with Gasteiger partial charge in [0, 0.05) is 15.5 Å². The number of fused-ring (bicyclic) bond motifs is 1. The Labute approximate surface area is 243 Å². The number of aromatic nitrogens is 1. The van der Waals surface area contributed by atoms with Gasteiger partial charge in [0.05, 0.1) is 15.8 Å². The van der Waals surface area contributed by atoms with Gasteiger partial charge in [0.2, 0.25) is 0 Å². The molecule has 6 nitrogen and oxygen atoms in total. The van der Waals surface area contributed by atoms with Crippen molar-refractivity contribution in [1.29, 1.82) is 0 Å². The van der Waals surface area contributed by atoms with E-state index in [0.717, 1.165) is 26.3 Å². The van der Waals surface area contributed by atoms with Gasteiger partial charge in [-0.05, 0) is 72.3 Å². The maximum atomic E-state index is 13.5. The summed E-state index contributed by atoms with van der Waals surface area (Å²) >= 11 is 9.02. The number of aryl methyl sites for hydroxylation is 2. The minimum Gasteiger partial charge on any atom is -0.507 e. The number of aliphatic hydroxyl groups is 1. The first kappa shape index (κ1) is 26.3. The van der Waals surface area contributed by atoms with Crippen LogP contribution in [-0.2, 0) is 16.2 Å². The summed E-state index contributed by atoms with van der Waals surface area (Å²) in [6.45, 7) is 4.18. The number of thiophene rings is 1. The summed E-state index contributed by atoms with van der Waals surface area (Å²) in [6.07, 6.45) is 0. The fourth-order valence-electron chi connectivity index (χ4n) is 4.74. The molecule has 0 saturated carbocycles. The lowest BCUT2D eigenvalue weighted by Gasteiger charge is -2.21. The number of amides is 1. The molecular formula is C31H23ClN2O4S2. The van der Waals surface area contributed by atoms with Crippen LogP contribution in [0.3, 0.4) is 0 Å². The number of rotatable bonds is 6. The maximum absolute atomic E-state index is 13.5. The van der Waals surface area contributed by atoms with E-state index in [2.05, 4.69) is 4.98 Å². The van der Waals surface area contributed by atoms with Crippen LogP contribution in [0.1, 0.15) is 33.2 Å². The van der Waals surface area contributed by atoms with Gasteiger partial charge in [0.15, 0.2) is 5.13 Å². The summed E-state index contributed by atoms with van der Waals surface area (Å²) in [5, 5.41) is 14.3. The molecule has 1 aliphatic heterocycles. The molecular weight excluding hydrogens is 564 g/mol. The second kappa shape index (κ2) is 10.5. The van der Waals surface area contributed by atoms with E-state index in [4.69, 9.17) is 16.3 Å². The predicted molar refractivity (Wildman–Crippen MR) is 160 cm³/mol. The van der Waals surface area contributed by atoms with E-state index >= 15 is 0 Å². The fraction of sp³-hybridized carbons (Fsp3) is 0.129. The number of carbonyl (C=O) groups is 2. The smallest absolute Gasteiger partial charge is 0.301 e. The molecule has 0 radical (unpaired) electrons. The third kappa shape index (κ3) is 4.68. The Morgan fingerprint density at radius 3 is 2.55 bits per heavy atom. The molecule has 3 heterocycles. The zero-order valence-electron chi connectivity index (χ0n) is 21.6. The number of benzene rings is 3. The average molecular weight is 587 g/mol. The van der Waals surface area contributed by atoms with E-state index in [1.807, 2.05) is 67.8 Å². The van der Waals surface area contributed by atoms with Gasteiger partial charge < -0.3 is 9.84 Å². The van der Waals surface area contributed by atoms with Gasteiger partial charge in [-0.3, -0.25) is 14.5 Å². The number of hydrogen-bond donors (Lipinski definition) is 1.